The Morgan fingerprint density at radius 3 is 1.35 bits per heavy atom. The maximum absolute atomic E-state index is 10.3. The van der Waals surface area contributed by atoms with E-state index in [2.05, 4.69) is 65.7 Å². The van der Waals surface area contributed by atoms with Gasteiger partial charge in [-0.3, -0.25) is 9.80 Å². The van der Waals surface area contributed by atoms with Gasteiger partial charge in [-0.05, 0) is 39.8 Å². The standard InChI is InChI=1S/2C12H26N2.C8H6O4/c2*1-5-7-8-11(6-2)12-13(3)9-10-14(12)4;9-7(10)5-3-1-2-4-6(5)8(11)12/h2*11-12H,5-10H2,1-4H3;1-4H,(H,9,10)(H,11,12). The second-order valence-corrected chi connectivity index (χ2v) is 11.8. The highest BCUT2D eigenvalue weighted by molar-refractivity contribution is 5.99. The fourth-order valence-corrected chi connectivity index (χ4v) is 6.50. The number of carboxylic acid groups (broad SMARTS) is 2. The molecular formula is C32H58N4O4. The van der Waals surface area contributed by atoms with Crippen molar-refractivity contribution in [2.24, 2.45) is 11.8 Å². The highest BCUT2D eigenvalue weighted by Gasteiger charge is 2.36. The van der Waals surface area contributed by atoms with Crippen LogP contribution >= 0.6 is 0 Å². The molecule has 8 heteroatoms. The molecule has 0 saturated carbocycles. The van der Waals surface area contributed by atoms with Gasteiger partial charge in [-0.25, -0.2) is 0 Å². The van der Waals surface area contributed by atoms with Gasteiger partial charge in [0.1, 0.15) is 12.3 Å². The topological polar surface area (TPSA) is 95.6 Å². The van der Waals surface area contributed by atoms with Crippen LogP contribution in [0, 0.1) is 11.8 Å². The Morgan fingerprint density at radius 1 is 0.775 bits per heavy atom. The predicted octanol–water partition coefficient (Wildman–Crippen LogP) is 0.392. The summed E-state index contributed by atoms with van der Waals surface area (Å²) in [4.78, 5) is 29.2. The molecule has 3 rings (SSSR count). The number of nitrogens with zero attached hydrogens (tertiary/aromatic N) is 2. The molecule has 0 amide bonds. The Hall–Kier alpha value is -2.00. The molecule has 0 spiro atoms. The van der Waals surface area contributed by atoms with Crippen molar-refractivity contribution in [1.82, 2.24) is 9.80 Å². The summed E-state index contributed by atoms with van der Waals surface area (Å²) in [5.41, 5.74) is -0.727. The van der Waals surface area contributed by atoms with E-state index in [9.17, 15) is 19.8 Å². The second kappa shape index (κ2) is 19.2. The summed E-state index contributed by atoms with van der Waals surface area (Å²) in [5.74, 6) is -1.23. The summed E-state index contributed by atoms with van der Waals surface area (Å²) in [6, 6.07) is 5.14. The van der Waals surface area contributed by atoms with Crippen molar-refractivity contribution in [2.75, 3.05) is 54.4 Å². The molecule has 1 aromatic rings. The first kappa shape index (κ1) is 36.0. The average Bonchev–Trinajstić information content (AvgIpc) is 3.45. The molecule has 0 aliphatic carbocycles. The van der Waals surface area contributed by atoms with Crippen molar-refractivity contribution in [1.29, 1.82) is 0 Å². The number of carbonyl (C=O) groups excluding carboxylic acids is 2. The van der Waals surface area contributed by atoms with Crippen LogP contribution in [-0.2, 0) is 0 Å². The van der Waals surface area contributed by atoms with E-state index < -0.39 is 11.9 Å². The van der Waals surface area contributed by atoms with Crippen molar-refractivity contribution in [2.45, 2.75) is 91.4 Å². The summed E-state index contributed by atoms with van der Waals surface area (Å²) in [7, 11) is 9.27. The monoisotopic (exact) mass is 562 g/mol. The zero-order chi connectivity index (χ0) is 30.2. The lowest BCUT2D eigenvalue weighted by atomic mass is 9.95. The van der Waals surface area contributed by atoms with Gasteiger partial charge < -0.3 is 29.6 Å². The number of carbonyl (C=O) groups is 2. The Morgan fingerprint density at radius 2 is 1.12 bits per heavy atom. The molecule has 2 heterocycles. The number of carboxylic acids is 2. The highest BCUT2D eigenvalue weighted by Crippen LogP contribution is 2.19. The van der Waals surface area contributed by atoms with Crippen LogP contribution in [0.25, 0.3) is 0 Å². The number of hydrogen-bond acceptors (Lipinski definition) is 6. The van der Waals surface area contributed by atoms with Gasteiger partial charge in [-0.1, -0.05) is 77.6 Å². The van der Waals surface area contributed by atoms with E-state index in [0.29, 0.717) is 0 Å². The number of benzene rings is 1. The Kier molecular flexibility index (Phi) is 17.3. The fourth-order valence-electron chi connectivity index (χ4n) is 6.50. The molecule has 2 N–H and O–H groups in total. The normalized spacial score (nSPS) is 24.4. The minimum absolute atomic E-state index is 0.363. The smallest absolute Gasteiger partial charge is 0.146 e. The number of aromatic carboxylic acids is 2. The Labute approximate surface area is 244 Å². The first-order chi connectivity index (χ1) is 19.0. The van der Waals surface area contributed by atoms with Crippen molar-refractivity contribution in [3.8, 4) is 0 Å². The minimum Gasteiger partial charge on any atom is -0.545 e. The Balaban J connectivity index is 0.000000301. The molecule has 40 heavy (non-hydrogen) atoms. The van der Waals surface area contributed by atoms with E-state index in [4.69, 9.17) is 0 Å². The average molecular weight is 563 g/mol. The van der Waals surface area contributed by atoms with Gasteiger partial charge in [0.25, 0.3) is 0 Å². The van der Waals surface area contributed by atoms with E-state index in [0.717, 1.165) is 36.3 Å². The SMILES string of the molecule is CCCCC(CC)C1N(C)CC[NH+]1C.CCCCC(CC)C1N(C)CC[NH+]1C.O=C([O-])c1ccccc1C(=O)[O-]. The molecule has 1 aromatic carbocycles. The van der Waals surface area contributed by atoms with Crippen molar-refractivity contribution in [3.63, 3.8) is 0 Å². The number of likely N-dealkylation sites (N-methyl/N-ethyl adjacent to an activating group) is 4. The molecule has 6 atom stereocenters. The number of unbranched alkanes of at least 4 members (excludes halogenated alkanes) is 2. The molecule has 230 valence electrons. The molecule has 2 saturated heterocycles. The van der Waals surface area contributed by atoms with Crippen molar-refractivity contribution >= 4 is 11.9 Å². The van der Waals surface area contributed by atoms with Crippen LogP contribution in [0.15, 0.2) is 24.3 Å². The van der Waals surface area contributed by atoms with Gasteiger partial charge in [-0.15, -0.1) is 0 Å². The quantitative estimate of drug-likeness (QED) is 0.383. The van der Waals surface area contributed by atoms with Crippen LogP contribution in [0.5, 0.6) is 0 Å². The zero-order valence-corrected chi connectivity index (χ0v) is 26.6. The third-order valence-corrected chi connectivity index (χ3v) is 8.84. The molecule has 6 unspecified atom stereocenters. The maximum Gasteiger partial charge on any atom is 0.146 e. The van der Waals surface area contributed by atoms with Crippen LogP contribution in [0.4, 0.5) is 0 Å². The van der Waals surface area contributed by atoms with Gasteiger partial charge in [-0.2, -0.15) is 0 Å². The maximum atomic E-state index is 10.3. The first-order valence-corrected chi connectivity index (χ1v) is 15.6. The van der Waals surface area contributed by atoms with Gasteiger partial charge in [0.2, 0.25) is 0 Å². The van der Waals surface area contributed by atoms with E-state index in [1.54, 1.807) is 9.80 Å². The van der Waals surface area contributed by atoms with E-state index in [1.165, 1.54) is 89.7 Å². The largest absolute Gasteiger partial charge is 0.545 e. The number of rotatable bonds is 12. The number of quaternary nitrogens is 2. The van der Waals surface area contributed by atoms with Gasteiger partial charge in [0.05, 0.1) is 52.2 Å². The van der Waals surface area contributed by atoms with Gasteiger partial charge in [0.15, 0.2) is 0 Å². The lowest BCUT2D eigenvalue weighted by Gasteiger charge is -2.29. The lowest BCUT2D eigenvalue weighted by molar-refractivity contribution is -0.902. The van der Waals surface area contributed by atoms with E-state index in [1.807, 2.05) is 0 Å². The molecule has 0 radical (unpaired) electrons. The summed E-state index contributed by atoms with van der Waals surface area (Å²) >= 11 is 0. The number of nitrogens with one attached hydrogen (secondary N) is 2. The van der Waals surface area contributed by atoms with Gasteiger partial charge >= 0.3 is 0 Å². The Bertz CT molecular complexity index is 778. The molecule has 2 aliphatic rings. The van der Waals surface area contributed by atoms with Crippen LogP contribution in [0.1, 0.15) is 99.8 Å². The summed E-state index contributed by atoms with van der Waals surface area (Å²) in [6.45, 7) is 14.5. The van der Waals surface area contributed by atoms with E-state index >= 15 is 0 Å². The molecule has 0 bridgehead atoms. The van der Waals surface area contributed by atoms with Crippen LogP contribution in [0.2, 0.25) is 0 Å². The van der Waals surface area contributed by atoms with Crippen LogP contribution in [0.3, 0.4) is 0 Å². The van der Waals surface area contributed by atoms with E-state index in [-0.39, 0.29) is 11.1 Å². The third-order valence-electron chi connectivity index (χ3n) is 8.84. The first-order valence-electron chi connectivity index (χ1n) is 15.6. The molecule has 8 nitrogen and oxygen atoms in total. The summed E-state index contributed by atoms with van der Waals surface area (Å²) in [5, 5.41) is 20.6. The second-order valence-electron chi connectivity index (χ2n) is 11.8. The summed E-state index contributed by atoms with van der Waals surface area (Å²) in [6.07, 6.45) is 12.6. The molecule has 2 aliphatic heterocycles. The van der Waals surface area contributed by atoms with Gasteiger partial charge in [0, 0.05) is 23.0 Å². The van der Waals surface area contributed by atoms with Crippen molar-refractivity contribution < 1.29 is 29.6 Å². The van der Waals surface area contributed by atoms with Crippen LogP contribution < -0.4 is 20.0 Å². The van der Waals surface area contributed by atoms with Crippen LogP contribution in [-0.4, -0.2) is 88.4 Å². The summed E-state index contributed by atoms with van der Waals surface area (Å²) < 4.78 is 0. The predicted molar refractivity (Wildman–Crippen MR) is 158 cm³/mol. The molecular weight excluding hydrogens is 504 g/mol. The third kappa shape index (κ3) is 11.1. The zero-order valence-electron chi connectivity index (χ0n) is 26.6. The minimum atomic E-state index is -1.52. The molecule has 2 fully saturated rings. The number of hydrogen-bond donors (Lipinski definition) is 2. The molecule has 0 aromatic heterocycles. The highest BCUT2D eigenvalue weighted by atomic mass is 16.4. The lowest BCUT2D eigenvalue weighted by Crippen LogP contribution is -3.12. The van der Waals surface area contributed by atoms with Crippen molar-refractivity contribution in [3.05, 3.63) is 35.4 Å². The fraction of sp³-hybridized carbons (Fsp3) is 0.750.